The van der Waals surface area contributed by atoms with Gasteiger partial charge in [0, 0.05) is 39.3 Å². The average Bonchev–Trinajstić information content (AvgIpc) is 3.11. The molecule has 0 aromatic heterocycles. The molecular formula is C19H31Cl2N3O2. The van der Waals surface area contributed by atoms with E-state index in [9.17, 15) is 4.79 Å². The first-order chi connectivity index (χ1) is 11.7. The Balaban J connectivity index is 0.00000169. The van der Waals surface area contributed by atoms with E-state index in [1.807, 2.05) is 0 Å². The maximum absolute atomic E-state index is 12.2. The molecule has 2 saturated heterocycles. The fourth-order valence-electron chi connectivity index (χ4n) is 3.86. The van der Waals surface area contributed by atoms with Crippen LogP contribution in [0.25, 0.3) is 0 Å². The largest absolute Gasteiger partial charge is 0.468 e. The van der Waals surface area contributed by atoms with Crippen LogP contribution in [0.5, 0.6) is 0 Å². The molecule has 2 heterocycles. The molecule has 0 amide bonds. The number of carbonyl (C=O) groups is 1. The smallest absolute Gasteiger partial charge is 0.327 e. The molecule has 26 heavy (non-hydrogen) atoms. The zero-order valence-electron chi connectivity index (χ0n) is 15.5. The highest BCUT2D eigenvalue weighted by atomic mass is 35.5. The van der Waals surface area contributed by atoms with Gasteiger partial charge in [0.25, 0.3) is 0 Å². The van der Waals surface area contributed by atoms with Gasteiger partial charge in [0.1, 0.15) is 5.54 Å². The normalized spacial score (nSPS) is 23.7. The minimum Gasteiger partial charge on any atom is -0.468 e. The van der Waals surface area contributed by atoms with E-state index in [0.29, 0.717) is 0 Å². The molecule has 0 saturated carbocycles. The Hall–Kier alpha value is -0.850. The third-order valence-corrected chi connectivity index (χ3v) is 5.34. The first-order valence-electron chi connectivity index (χ1n) is 9.04. The third kappa shape index (κ3) is 5.83. The summed E-state index contributed by atoms with van der Waals surface area (Å²) in [5.41, 5.74) is 0.917. The summed E-state index contributed by atoms with van der Waals surface area (Å²) in [6, 6.07) is 10.7. The van der Waals surface area contributed by atoms with Gasteiger partial charge in [0.2, 0.25) is 0 Å². The first kappa shape index (κ1) is 23.2. The van der Waals surface area contributed by atoms with Crippen molar-refractivity contribution in [2.24, 2.45) is 0 Å². The molecule has 0 aliphatic carbocycles. The number of hydrogen-bond donors (Lipinski definition) is 1. The summed E-state index contributed by atoms with van der Waals surface area (Å²) in [4.78, 5) is 17.1. The number of methoxy groups -OCH3 is 1. The van der Waals surface area contributed by atoms with Crippen LogP contribution in [0.3, 0.4) is 0 Å². The van der Waals surface area contributed by atoms with E-state index in [2.05, 4.69) is 45.4 Å². The van der Waals surface area contributed by atoms with Crippen LogP contribution in [0.1, 0.15) is 18.4 Å². The van der Waals surface area contributed by atoms with Gasteiger partial charge < -0.3 is 15.0 Å². The zero-order valence-corrected chi connectivity index (χ0v) is 17.1. The standard InChI is InChI=1S/C19H29N3O2.2ClH/c1-24-18(23)19(9-5-10-20-19)16-22-14-12-21(13-15-22)11-8-17-6-3-2-4-7-17;;/h2-4,6-7,20H,5,8-16H2,1H3;2*1H/t19-;;/m0../s1. The molecule has 3 rings (SSSR count). The number of carbonyl (C=O) groups excluding carboxylic acids is 1. The maximum Gasteiger partial charge on any atom is 0.327 e. The molecule has 0 radical (unpaired) electrons. The lowest BCUT2D eigenvalue weighted by Crippen LogP contribution is -2.59. The highest BCUT2D eigenvalue weighted by Crippen LogP contribution is 2.23. The average molecular weight is 404 g/mol. The lowest BCUT2D eigenvalue weighted by atomic mass is 9.96. The van der Waals surface area contributed by atoms with Crippen LogP contribution in [0.4, 0.5) is 0 Å². The summed E-state index contributed by atoms with van der Waals surface area (Å²) in [5, 5.41) is 3.40. The maximum atomic E-state index is 12.2. The molecule has 0 bridgehead atoms. The van der Waals surface area contributed by atoms with Crippen molar-refractivity contribution in [1.29, 1.82) is 0 Å². The van der Waals surface area contributed by atoms with E-state index in [1.54, 1.807) is 0 Å². The van der Waals surface area contributed by atoms with Crippen LogP contribution in [-0.4, -0.2) is 74.2 Å². The molecule has 0 unspecified atom stereocenters. The highest BCUT2D eigenvalue weighted by Gasteiger charge is 2.43. The molecule has 1 atom stereocenters. The van der Waals surface area contributed by atoms with Crippen LogP contribution in [0, 0.1) is 0 Å². The number of halogens is 2. The third-order valence-electron chi connectivity index (χ3n) is 5.34. The van der Waals surface area contributed by atoms with Gasteiger partial charge in [-0.2, -0.15) is 0 Å². The summed E-state index contributed by atoms with van der Waals surface area (Å²) in [5.74, 6) is -0.105. The van der Waals surface area contributed by atoms with Gasteiger partial charge >= 0.3 is 5.97 Å². The topological polar surface area (TPSA) is 44.8 Å². The molecule has 5 nitrogen and oxygen atoms in total. The van der Waals surface area contributed by atoms with Gasteiger partial charge in [-0.3, -0.25) is 9.69 Å². The lowest BCUT2D eigenvalue weighted by molar-refractivity contribution is -0.149. The monoisotopic (exact) mass is 403 g/mol. The van der Waals surface area contributed by atoms with E-state index in [0.717, 1.165) is 65.1 Å². The van der Waals surface area contributed by atoms with Crippen molar-refractivity contribution < 1.29 is 9.53 Å². The van der Waals surface area contributed by atoms with E-state index in [1.165, 1.54) is 12.7 Å². The summed E-state index contributed by atoms with van der Waals surface area (Å²) in [7, 11) is 1.49. The quantitative estimate of drug-likeness (QED) is 0.735. The number of rotatable bonds is 6. The van der Waals surface area contributed by atoms with Crippen molar-refractivity contribution in [1.82, 2.24) is 15.1 Å². The minimum absolute atomic E-state index is 0. The predicted molar refractivity (Wildman–Crippen MR) is 110 cm³/mol. The fraction of sp³-hybridized carbons (Fsp3) is 0.632. The van der Waals surface area contributed by atoms with E-state index < -0.39 is 5.54 Å². The molecule has 0 spiro atoms. The van der Waals surface area contributed by atoms with Crippen molar-refractivity contribution in [2.75, 3.05) is 52.9 Å². The first-order valence-corrected chi connectivity index (χ1v) is 9.04. The fourth-order valence-corrected chi connectivity index (χ4v) is 3.86. The van der Waals surface area contributed by atoms with Crippen molar-refractivity contribution in [3.63, 3.8) is 0 Å². The SMILES string of the molecule is COC(=O)[C@@]1(CN2CCN(CCc3ccccc3)CC2)CCCN1.Cl.Cl. The summed E-state index contributed by atoms with van der Waals surface area (Å²) < 4.78 is 5.05. The number of nitrogens with one attached hydrogen (secondary N) is 1. The number of nitrogens with zero attached hydrogens (tertiary/aromatic N) is 2. The molecule has 2 fully saturated rings. The number of benzene rings is 1. The lowest BCUT2D eigenvalue weighted by Gasteiger charge is -2.39. The van der Waals surface area contributed by atoms with Crippen LogP contribution >= 0.6 is 24.8 Å². The van der Waals surface area contributed by atoms with Crippen LogP contribution in [0.15, 0.2) is 30.3 Å². The summed E-state index contributed by atoms with van der Waals surface area (Å²) in [6.45, 7) is 6.98. The number of piperazine rings is 1. The second kappa shape index (κ2) is 11.1. The molecule has 2 aliphatic heterocycles. The zero-order chi connectivity index (χ0) is 16.8. The molecule has 148 valence electrons. The van der Waals surface area contributed by atoms with Gasteiger partial charge in [-0.15, -0.1) is 24.8 Å². The highest BCUT2D eigenvalue weighted by molar-refractivity contribution is 5.85. The number of hydrogen-bond acceptors (Lipinski definition) is 5. The van der Waals surface area contributed by atoms with Crippen molar-refractivity contribution in [3.8, 4) is 0 Å². The van der Waals surface area contributed by atoms with Crippen LogP contribution in [0.2, 0.25) is 0 Å². The summed E-state index contributed by atoms with van der Waals surface area (Å²) in [6.07, 6.45) is 3.04. The Bertz CT molecular complexity index is 531. The minimum atomic E-state index is -0.485. The van der Waals surface area contributed by atoms with Crippen molar-refractivity contribution >= 4 is 30.8 Å². The van der Waals surface area contributed by atoms with Gasteiger partial charge in [-0.05, 0) is 31.4 Å². The van der Waals surface area contributed by atoms with Crippen LogP contribution < -0.4 is 5.32 Å². The molecular weight excluding hydrogens is 373 g/mol. The van der Waals surface area contributed by atoms with Gasteiger partial charge in [-0.1, -0.05) is 30.3 Å². The van der Waals surface area contributed by atoms with Gasteiger partial charge in [-0.25, -0.2) is 0 Å². The molecule has 1 aromatic rings. The second-order valence-electron chi connectivity index (χ2n) is 6.96. The molecule has 2 aliphatic rings. The Kier molecular flexibility index (Phi) is 9.90. The van der Waals surface area contributed by atoms with Crippen molar-refractivity contribution in [2.45, 2.75) is 24.8 Å². The van der Waals surface area contributed by atoms with E-state index in [-0.39, 0.29) is 30.8 Å². The summed E-state index contributed by atoms with van der Waals surface area (Å²) >= 11 is 0. The van der Waals surface area contributed by atoms with Crippen molar-refractivity contribution in [3.05, 3.63) is 35.9 Å². The number of ether oxygens (including phenoxy) is 1. The molecule has 1 aromatic carbocycles. The Labute approximate surface area is 169 Å². The molecule has 7 heteroatoms. The Morgan fingerprint density at radius 3 is 2.35 bits per heavy atom. The Morgan fingerprint density at radius 1 is 1.12 bits per heavy atom. The number of esters is 1. The predicted octanol–water partition coefficient (Wildman–Crippen LogP) is 1.99. The van der Waals surface area contributed by atoms with Gasteiger partial charge in [0.15, 0.2) is 0 Å². The molecule has 1 N–H and O–H groups in total. The second-order valence-corrected chi connectivity index (χ2v) is 6.96. The van der Waals surface area contributed by atoms with E-state index in [4.69, 9.17) is 4.74 Å². The Morgan fingerprint density at radius 2 is 1.77 bits per heavy atom. The van der Waals surface area contributed by atoms with E-state index >= 15 is 0 Å². The van der Waals surface area contributed by atoms with Gasteiger partial charge in [0.05, 0.1) is 7.11 Å². The van der Waals surface area contributed by atoms with Crippen LogP contribution in [-0.2, 0) is 16.0 Å².